The van der Waals surface area contributed by atoms with Crippen LogP contribution >= 0.6 is 23.4 Å². The predicted octanol–water partition coefficient (Wildman–Crippen LogP) is 3.20. The summed E-state index contributed by atoms with van der Waals surface area (Å²) in [7, 11) is 0. The van der Waals surface area contributed by atoms with Gasteiger partial charge in [-0.25, -0.2) is 4.98 Å². The summed E-state index contributed by atoms with van der Waals surface area (Å²) in [5.41, 5.74) is 1.16. The molecule has 0 fully saturated rings. The Bertz CT molecular complexity index is 527. The summed E-state index contributed by atoms with van der Waals surface area (Å²) < 4.78 is 2.02. The Morgan fingerprint density at radius 2 is 2.12 bits per heavy atom. The van der Waals surface area contributed by atoms with Crippen molar-refractivity contribution in [2.75, 3.05) is 5.75 Å². The standard InChI is InChI=1S/C12H10ClN3S/c13-11-3-1-10(2-4-11)9-16-7-6-15-12(16)17-8-5-14/h1-4,6-7H,8-9H2. The second-order valence-corrected chi connectivity index (χ2v) is 4.79. The van der Waals surface area contributed by atoms with Crippen LogP contribution in [-0.4, -0.2) is 15.3 Å². The third kappa shape index (κ3) is 3.26. The second kappa shape index (κ2) is 5.76. The summed E-state index contributed by atoms with van der Waals surface area (Å²) in [5, 5.41) is 10.2. The van der Waals surface area contributed by atoms with E-state index in [9.17, 15) is 0 Å². The van der Waals surface area contributed by atoms with Crippen LogP contribution in [0, 0.1) is 11.3 Å². The number of aromatic nitrogens is 2. The van der Waals surface area contributed by atoms with E-state index in [0.29, 0.717) is 5.75 Å². The summed E-state index contributed by atoms with van der Waals surface area (Å²) in [4.78, 5) is 4.22. The first-order valence-corrected chi connectivity index (χ1v) is 6.41. The van der Waals surface area contributed by atoms with E-state index in [-0.39, 0.29) is 0 Å². The molecule has 0 aliphatic rings. The highest BCUT2D eigenvalue weighted by Gasteiger charge is 2.03. The normalized spacial score (nSPS) is 10.1. The van der Waals surface area contributed by atoms with Crippen molar-refractivity contribution < 1.29 is 0 Å². The number of thioether (sulfide) groups is 1. The number of nitriles is 1. The molecule has 2 rings (SSSR count). The van der Waals surface area contributed by atoms with Crippen LogP contribution in [0.1, 0.15) is 5.56 Å². The third-order valence-electron chi connectivity index (χ3n) is 2.21. The number of nitrogens with zero attached hydrogens (tertiary/aromatic N) is 3. The van der Waals surface area contributed by atoms with Crippen LogP contribution < -0.4 is 0 Å². The van der Waals surface area contributed by atoms with E-state index < -0.39 is 0 Å². The minimum Gasteiger partial charge on any atom is -0.322 e. The van der Waals surface area contributed by atoms with Gasteiger partial charge in [0, 0.05) is 24.0 Å². The number of benzene rings is 1. The lowest BCUT2D eigenvalue weighted by molar-refractivity contribution is 0.709. The summed E-state index contributed by atoms with van der Waals surface area (Å²) in [6.07, 6.45) is 3.66. The first kappa shape index (κ1) is 12.0. The van der Waals surface area contributed by atoms with Gasteiger partial charge in [-0.15, -0.1) is 0 Å². The highest BCUT2D eigenvalue weighted by molar-refractivity contribution is 7.99. The summed E-state index contributed by atoms with van der Waals surface area (Å²) >= 11 is 7.27. The fourth-order valence-electron chi connectivity index (χ4n) is 1.44. The van der Waals surface area contributed by atoms with Gasteiger partial charge in [0.05, 0.1) is 11.8 Å². The topological polar surface area (TPSA) is 41.6 Å². The van der Waals surface area contributed by atoms with E-state index in [0.717, 1.165) is 22.3 Å². The molecule has 0 atom stereocenters. The van der Waals surface area contributed by atoms with E-state index in [1.807, 2.05) is 35.0 Å². The van der Waals surface area contributed by atoms with E-state index in [1.165, 1.54) is 11.8 Å². The van der Waals surface area contributed by atoms with E-state index in [1.54, 1.807) is 6.20 Å². The number of hydrogen-bond donors (Lipinski definition) is 0. The first-order valence-electron chi connectivity index (χ1n) is 5.05. The van der Waals surface area contributed by atoms with Gasteiger partial charge < -0.3 is 4.57 Å². The molecule has 0 amide bonds. The molecule has 0 aliphatic carbocycles. The van der Waals surface area contributed by atoms with Crippen LogP contribution in [0.15, 0.2) is 41.8 Å². The minimum atomic E-state index is 0.414. The number of imidazole rings is 1. The molecule has 1 aromatic heterocycles. The molecule has 0 unspecified atom stereocenters. The van der Waals surface area contributed by atoms with Crippen molar-refractivity contribution in [1.82, 2.24) is 9.55 Å². The Morgan fingerprint density at radius 1 is 1.35 bits per heavy atom. The Morgan fingerprint density at radius 3 is 2.82 bits per heavy atom. The molecule has 0 spiro atoms. The van der Waals surface area contributed by atoms with E-state index >= 15 is 0 Å². The zero-order chi connectivity index (χ0) is 12.1. The van der Waals surface area contributed by atoms with Crippen molar-refractivity contribution in [3.05, 3.63) is 47.2 Å². The SMILES string of the molecule is N#CCSc1nccn1Cc1ccc(Cl)cc1. The molecule has 1 aromatic carbocycles. The lowest BCUT2D eigenvalue weighted by atomic mass is 10.2. The maximum absolute atomic E-state index is 8.55. The summed E-state index contributed by atoms with van der Waals surface area (Å²) in [6.45, 7) is 0.741. The van der Waals surface area contributed by atoms with Crippen LogP contribution in [0.2, 0.25) is 5.02 Å². The van der Waals surface area contributed by atoms with Gasteiger partial charge in [0.2, 0.25) is 0 Å². The molecule has 17 heavy (non-hydrogen) atoms. The molecule has 3 nitrogen and oxygen atoms in total. The van der Waals surface area contributed by atoms with Crippen molar-refractivity contribution in [3.63, 3.8) is 0 Å². The van der Waals surface area contributed by atoms with Gasteiger partial charge in [-0.1, -0.05) is 35.5 Å². The maximum atomic E-state index is 8.55. The average Bonchev–Trinajstić information content (AvgIpc) is 2.77. The molecule has 2 aromatic rings. The van der Waals surface area contributed by atoms with Gasteiger partial charge in [-0.2, -0.15) is 5.26 Å². The molecule has 0 aliphatic heterocycles. The third-order valence-corrected chi connectivity index (χ3v) is 3.33. The van der Waals surface area contributed by atoms with Crippen molar-refractivity contribution in [2.45, 2.75) is 11.7 Å². The smallest absolute Gasteiger partial charge is 0.169 e. The van der Waals surface area contributed by atoms with Crippen LogP contribution in [0.3, 0.4) is 0 Å². The highest BCUT2D eigenvalue weighted by atomic mass is 35.5. The molecule has 0 N–H and O–H groups in total. The van der Waals surface area contributed by atoms with Crippen molar-refractivity contribution >= 4 is 23.4 Å². The van der Waals surface area contributed by atoms with Gasteiger partial charge in [0.15, 0.2) is 5.16 Å². The Labute approximate surface area is 109 Å². The molecule has 0 saturated carbocycles. The van der Waals surface area contributed by atoms with Gasteiger partial charge in [0.1, 0.15) is 0 Å². The van der Waals surface area contributed by atoms with Gasteiger partial charge in [-0.05, 0) is 17.7 Å². The fraction of sp³-hybridized carbons (Fsp3) is 0.167. The summed E-state index contributed by atoms with van der Waals surface area (Å²) in [6, 6.07) is 9.81. The average molecular weight is 264 g/mol. The molecule has 0 bridgehead atoms. The molecular weight excluding hydrogens is 254 g/mol. The quantitative estimate of drug-likeness (QED) is 0.796. The largest absolute Gasteiger partial charge is 0.322 e. The van der Waals surface area contributed by atoms with Gasteiger partial charge >= 0.3 is 0 Å². The number of halogens is 1. The Kier molecular flexibility index (Phi) is 4.08. The Balaban J connectivity index is 2.10. The van der Waals surface area contributed by atoms with Crippen molar-refractivity contribution in [1.29, 1.82) is 5.26 Å². The van der Waals surface area contributed by atoms with E-state index in [4.69, 9.17) is 16.9 Å². The lowest BCUT2D eigenvalue weighted by Gasteiger charge is -2.06. The molecule has 0 saturated heterocycles. The van der Waals surface area contributed by atoms with E-state index in [2.05, 4.69) is 11.1 Å². The molecular formula is C12H10ClN3S. The fourth-order valence-corrected chi connectivity index (χ4v) is 2.19. The van der Waals surface area contributed by atoms with Crippen molar-refractivity contribution in [2.24, 2.45) is 0 Å². The number of rotatable bonds is 4. The molecule has 5 heteroatoms. The molecule has 86 valence electrons. The van der Waals surface area contributed by atoms with Crippen LogP contribution in [-0.2, 0) is 6.54 Å². The van der Waals surface area contributed by atoms with Crippen LogP contribution in [0.4, 0.5) is 0 Å². The lowest BCUT2D eigenvalue weighted by Crippen LogP contribution is -2.00. The predicted molar refractivity (Wildman–Crippen MR) is 69.1 cm³/mol. The zero-order valence-electron chi connectivity index (χ0n) is 9.01. The second-order valence-electron chi connectivity index (χ2n) is 3.41. The maximum Gasteiger partial charge on any atom is 0.169 e. The van der Waals surface area contributed by atoms with Crippen LogP contribution in [0.25, 0.3) is 0 Å². The molecule has 1 heterocycles. The monoisotopic (exact) mass is 263 g/mol. The number of hydrogen-bond acceptors (Lipinski definition) is 3. The highest BCUT2D eigenvalue weighted by Crippen LogP contribution is 2.17. The Hall–Kier alpha value is -1.44. The van der Waals surface area contributed by atoms with Gasteiger partial charge in [-0.3, -0.25) is 0 Å². The van der Waals surface area contributed by atoms with Crippen molar-refractivity contribution in [3.8, 4) is 6.07 Å². The van der Waals surface area contributed by atoms with Gasteiger partial charge in [0.25, 0.3) is 0 Å². The molecule has 0 radical (unpaired) electrons. The summed E-state index contributed by atoms with van der Waals surface area (Å²) in [5.74, 6) is 0.414. The minimum absolute atomic E-state index is 0.414. The zero-order valence-corrected chi connectivity index (χ0v) is 10.6. The van der Waals surface area contributed by atoms with Crippen LogP contribution in [0.5, 0.6) is 0 Å². The first-order chi connectivity index (χ1) is 8.29.